The van der Waals surface area contributed by atoms with Gasteiger partial charge in [-0.2, -0.15) is 0 Å². The second-order valence-corrected chi connectivity index (χ2v) is 6.22. The third-order valence-electron chi connectivity index (χ3n) is 4.69. The van der Waals surface area contributed by atoms with Gasteiger partial charge in [0.15, 0.2) is 0 Å². The molecule has 1 N–H and O–H groups in total. The standard InChI is InChI=1S/C17H25N3O/c1-14-13-15(7-8-18-14)17(21)20-11-9-19(10-12-20)16-5-3-2-4-6-16/h2-6,14-15,18H,7-13H2,1H3/t14-,15-/m0/s1. The number of carbonyl (C=O) groups excluding carboxylic acids is 1. The molecule has 2 aliphatic rings. The lowest BCUT2D eigenvalue weighted by atomic mass is 9.92. The summed E-state index contributed by atoms with van der Waals surface area (Å²) in [6, 6.07) is 10.9. The third kappa shape index (κ3) is 3.38. The van der Waals surface area contributed by atoms with Crippen molar-refractivity contribution in [2.45, 2.75) is 25.8 Å². The third-order valence-corrected chi connectivity index (χ3v) is 4.69. The number of anilines is 1. The first-order valence-electron chi connectivity index (χ1n) is 8.06. The summed E-state index contributed by atoms with van der Waals surface area (Å²) in [6.07, 6.45) is 1.97. The molecule has 2 atom stereocenters. The molecule has 1 amide bonds. The Morgan fingerprint density at radius 2 is 1.86 bits per heavy atom. The molecule has 2 heterocycles. The number of hydrogen-bond donors (Lipinski definition) is 1. The molecule has 2 fully saturated rings. The van der Waals surface area contributed by atoms with E-state index in [1.165, 1.54) is 5.69 Å². The fourth-order valence-corrected chi connectivity index (χ4v) is 3.44. The predicted octanol–water partition coefficient (Wildman–Crippen LogP) is 1.72. The van der Waals surface area contributed by atoms with Gasteiger partial charge in [-0.25, -0.2) is 0 Å². The lowest BCUT2D eigenvalue weighted by Gasteiger charge is -2.39. The molecule has 0 unspecified atom stereocenters. The average Bonchev–Trinajstić information content (AvgIpc) is 2.55. The van der Waals surface area contributed by atoms with Gasteiger partial charge in [0.2, 0.25) is 5.91 Å². The molecule has 0 radical (unpaired) electrons. The van der Waals surface area contributed by atoms with Crippen LogP contribution in [0, 0.1) is 5.92 Å². The van der Waals surface area contributed by atoms with Gasteiger partial charge in [0.05, 0.1) is 0 Å². The van der Waals surface area contributed by atoms with Crippen LogP contribution >= 0.6 is 0 Å². The summed E-state index contributed by atoms with van der Waals surface area (Å²) in [6.45, 7) is 6.74. The van der Waals surface area contributed by atoms with Crippen LogP contribution in [0.3, 0.4) is 0 Å². The first-order valence-corrected chi connectivity index (χ1v) is 8.06. The molecular formula is C17H25N3O. The highest BCUT2D eigenvalue weighted by Crippen LogP contribution is 2.21. The van der Waals surface area contributed by atoms with Crippen molar-refractivity contribution in [1.82, 2.24) is 10.2 Å². The maximum atomic E-state index is 12.6. The van der Waals surface area contributed by atoms with E-state index in [-0.39, 0.29) is 5.92 Å². The Kier molecular flexibility index (Phi) is 4.44. The number of rotatable bonds is 2. The molecule has 0 spiro atoms. The Morgan fingerprint density at radius 3 is 2.52 bits per heavy atom. The highest BCUT2D eigenvalue weighted by Gasteiger charge is 2.30. The molecule has 2 aliphatic heterocycles. The summed E-state index contributed by atoms with van der Waals surface area (Å²) in [5.74, 6) is 0.598. The monoisotopic (exact) mass is 287 g/mol. The molecule has 114 valence electrons. The number of hydrogen-bond acceptors (Lipinski definition) is 3. The summed E-state index contributed by atoms with van der Waals surface area (Å²) in [4.78, 5) is 17.1. The molecule has 1 aromatic rings. The fraction of sp³-hybridized carbons (Fsp3) is 0.588. The lowest BCUT2D eigenvalue weighted by molar-refractivity contribution is -0.137. The molecule has 0 aromatic heterocycles. The Morgan fingerprint density at radius 1 is 1.14 bits per heavy atom. The quantitative estimate of drug-likeness (QED) is 0.900. The van der Waals surface area contributed by atoms with Crippen LogP contribution < -0.4 is 10.2 Å². The number of piperidine rings is 1. The second-order valence-electron chi connectivity index (χ2n) is 6.22. The first-order chi connectivity index (χ1) is 10.2. The normalized spacial score (nSPS) is 26.7. The van der Waals surface area contributed by atoms with E-state index in [1.807, 2.05) is 6.07 Å². The molecule has 0 bridgehead atoms. The van der Waals surface area contributed by atoms with Crippen molar-refractivity contribution in [2.75, 3.05) is 37.6 Å². The molecule has 1 aromatic carbocycles. The molecule has 4 heteroatoms. The van der Waals surface area contributed by atoms with Crippen LogP contribution in [0.2, 0.25) is 0 Å². The van der Waals surface area contributed by atoms with Crippen LogP contribution in [0.15, 0.2) is 30.3 Å². The minimum Gasteiger partial charge on any atom is -0.368 e. The van der Waals surface area contributed by atoms with Crippen molar-refractivity contribution in [1.29, 1.82) is 0 Å². The average molecular weight is 287 g/mol. The minimum atomic E-state index is 0.226. The summed E-state index contributed by atoms with van der Waals surface area (Å²) < 4.78 is 0. The predicted molar refractivity (Wildman–Crippen MR) is 85.4 cm³/mol. The number of benzene rings is 1. The Labute approximate surface area is 127 Å². The van der Waals surface area contributed by atoms with E-state index in [9.17, 15) is 4.79 Å². The topological polar surface area (TPSA) is 35.6 Å². The van der Waals surface area contributed by atoms with Gasteiger partial charge >= 0.3 is 0 Å². The van der Waals surface area contributed by atoms with E-state index < -0.39 is 0 Å². The number of carbonyl (C=O) groups is 1. The smallest absolute Gasteiger partial charge is 0.225 e. The van der Waals surface area contributed by atoms with E-state index >= 15 is 0 Å². The fourth-order valence-electron chi connectivity index (χ4n) is 3.44. The Hall–Kier alpha value is -1.55. The van der Waals surface area contributed by atoms with Crippen molar-refractivity contribution in [2.24, 2.45) is 5.92 Å². The zero-order valence-electron chi connectivity index (χ0n) is 12.8. The van der Waals surface area contributed by atoms with Crippen molar-refractivity contribution in [3.8, 4) is 0 Å². The molecule has 3 rings (SSSR count). The zero-order valence-corrected chi connectivity index (χ0v) is 12.8. The van der Waals surface area contributed by atoms with Crippen LogP contribution in [0.1, 0.15) is 19.8 Å². The van der Waals surface area contributed by atoms with Gasteiger partial charge in [0.25, 0.3) is 0 Å². The van der Waals surface area contributed by atoms with Gasteiger partial charge in [0.1, 0.15) is 0 Å². The molecule has 4 nitrogen and oxygen atoms in total. The summed E-state index contributed by atoms with van der Waals surface area (Å²) in [5, 5.41) is 3.42. The van der Waals surface area contributed by atoms with Gasteiger partial charge in [-0.1, -0.05) is 18.2 Å². The van der Waals surface area contributed by atoms with Gasteiger partial charge in [-0.3, -0.25) is 4.79 Å². The van der Waals surface area contributed by atoms with Gasteiger partial charge < -0.3 is 15.1 Å². The van der Waals surface area contributed by atoms with E-state index in [1.54, 1.807) is 0 Å². The van der Waals surface area contributed by atoms with Crippen molar-refractivity contribution >= 4 is 11.6 Å². The zero-order chi connectivity index (χ0) is 14.7. The minimum absolute atomic E-state index is 0.226. The van der Waals surface area contributed by atoms with E-state index in [4.69, 9.17) is 0 Å². The maximum Gasteiger partial charge on any atom is 0.225 e. The van der Waals surface area contributed by atoms with Crippen LogP contribution in [0.5, 0.6) is 0 Å². The second kappa shape index (κ2) is 6.48. The number of amides is 1. The number of piperazine rings is 1. The first kappa shape index (κ1) is 14.4. The SMILES string of the molecule is C[C@H]1C[C@@H](C(=O)N2CCN(c3ccccc3)CC2)CCN1. The molecule has 0 saturated carbocycles. The van der Waals surface area contributed by atoms with Gasteiger partial charge in [-0.05, 0) is 38.4 Å². The van der Waals surface area contributed by atoms with E-state index in [0.29, 0.717) is 11.9 Å². The van der Waals surface area contributed by atoms with Gasteiger partial charge in [0, 0.05) is 43.8 Å². The highest BCUT2D eigenvalue weighted by molar-refractivity contribution is 5.79. The highest BCUT2D eigenvalue weighted by atomic mass is 16.2. The Bertz CT molecular complexity index is 468. The molecule has 0 aliphatic carbocycles. The summed E-state index contributed by atoms with van der Waals surface area (Å²) >= 11 is 0. The van der Waals surface area contributed by atoms with Crippen molar-refractivity contribution in [3.63, 3.8) is 0 Å². The summed E-state index contributed by atoms with van der Waals surface area (Å²) in [7, 11) is 0. The van der Waals surface area contributed by atoms with Crippen molar-refractivity contribution < 1.29 is 4.79 Å². The lowest BCUT2D eigenvalue weighted by Crippen LogP contribution is -2.52. The number of nitrogens with zero attached hydrogens (tertiary/aromatic N) is 2. The summed E-state index contributed by atoms with van der Waals surface area (Å²) in [5.41, 5.74) is 1.26. The molecular weight excluding hydrogens is 262 g/mol. The van der Waals surface area contributed by atoms with E-state index in [0.717, 1.165) is 45.6 Å². The molecule has 21 heavy (non-hydrogen) atoms. The largest absolute Gasteiger partial charge is 0.368 e. The van der Waals surface area contributed by atoms with Crippen LogP contribution in [0.4, 0.5) is 5.69 Å². The number of nitrogens with one attached hydrogen (secondary N) is 1. The molecule has 2 saturated heterocycles. The van der Waals surface area contributed by atoms with E-state index in [2.05, 4.69) is 46.3 Å². The maximum absolute atomic E-state index is 12.6. The van der Waals surface area contributed by atoms with Crippen molar-refractivity contribution in [3.05, 3.63) is 30.3 Å². The van der Waals surface area contributed by atoms with Crippen LogP contribution in [-0.2, 0) is 4.79 Å². The Balaban J connectivity index is 1.54. The number of para-hydroxylation sites is 1. The van der Waals surface area contributed by atoms with Gasteiger partial charge in [-0.15, -0.1) is 0 Å². The van der Waals surface area contributed by atoms with Crippen LogP contribution in [0.25, 0.3) is 0 Å². The van der Waals surface area contributed by atoms with Crippen LogP contribution in [-0.4, -0.2) is 49.6 Å².